The fraction of sp³-hybridized carbons (Fsp3) is 0.182. The molecule has 0 aliphatic carbocycles. The van der Waals surface area contributed by atoms with Crippen LogP contribution >= 0.6 is 45.2 Å². The van der Waals surface area contributed by atoms with E-state index in [-0.39, 0.29) is 0 Å². The Kier molecular flexibility index (Phi) is 2.97. The highest BCUT2D eigenvalue weighted by Crippen LogP contribution is 2.25. The van der Waals surface area contributed by atoms with Crippen molar-refractivity contribution in [2.75, 3.05) is 0 Å². The van der Waals surface area contributed by atoms with Crippen molar-refractivity contribution in [2.24, 2.45) is 0 Å². The highest BCUT2D eigenvalue weighted by molar-refractivity contribution is 14.1. The monoisotopic (exact) mass is 409 g/mol. The predicted molar refractivity (Wildman–Crippen MR) is 76.7 cm³/mol. The van der Waals surface area contributed by atoms with Gasteiger partial charge in [0.05, 0.1) is 5.52 Å². The van der Waals surface area contributed by atoms with E-state index in [0.29, 0.717) is 0 Å². The van der Waals surface area contributed by atoms with Gasteiger partial charge in [-0.25, -0.2) is 0 Å². The summed E-state index contributed by atoms with van der Waals surface area (Å²) in [6, 6.07) is 6.41. The molecule has 2 aromatic rings. The zero-order valence-electron chi connectivity index (χ0n) is 7.94. The van der Waals surface area contributed by atoms with Crippen molar-refractivity contribution in [3.8, 4) is 0 Å². The molecule has 0 N–H and O–H groups in total. The lowest BCUT2D eigenvalue weighted by Crippen LogP contribution is -1.93. The molecule has 1 aromatic heterocycles. The molecule has 0 saturated heterocycles. The van der Waals surface area contributed by atoms with Crippen LogP contribution in [-0.4, -0.2) is 4.98 Å². The number of fused-ring (bicyclic) bond motifs is 1. The number of pyridine rings is 1. The first-order valence-electron chi connectivity index (χ1n) is 4.31. The van der Waals surface area contributed by atoms with Crippen molar-refractivity contribution in [1.29, 1.82) is 0 Å². The van der Waals surface area contributed by atoms with Crippen LogP contribution in [0.25, 0.3) is 10.9 Å². The van der Waals surface area contributed by atoms with Crippen LogP contribution in [0.15, 0.2) is 18.2 Å². The molecule has 3 heteroatoms. The van der Waals surface area contributed by atoms with Gasteiger partial charge in [0.15, 0.2) is 0 Å². The summed E-state index contributed by atoms with van der Waals surface area (Å²) in [5.74, 6) is 0. The first kappa shape index (κ1) is 10.6. The van der Waals surface area contributed by atoms with Crippen LogP contribution in [0.4, 0.5) is 0 Å². The quantitative estimate of drug-likeness (QED) is 0.599. The van der Waals surface area contributed by atoms with Crippen LogP contribution in [0.5, 0.6) is 0 Å². The Morgan fingerprint density at radius 2 is 1.86 bits per heavy atom. The molecule has 2 rings (SSSR count). The lowest BCUT2D eigenvalue weighted by atomic mass is 10.1. The molecule has 0 atom stereocenters. The molecule has 0 bridgehead atoms. The van der Waals surface area contributed by atoms with Gasteiger partial charge in [0.25, 0.3) is 0 Å². The van der Waals surface area contributed by atoms with E-state index in [1.807, 2.05) is 0 Å². The van der Waals surface area contributed by atoms with E-state index in [1.165, 1.54) is 18.1 Å². The molecule has 0 amide bonds. The maximum absolute atomic E-state index is 4.59. The molecule has 0 aliphatic rings. The Hall–Kier alpha value is 0.0900. The molecular weight excluding hydrogens is 400 g/mol. The molecule has 14 heavy (non-hydrogen) atoms. The number of hydrogen-bond acceptors (Lipinski definition) is 1. The van der Waals surface area contributed by atoms with Gasteiger partial charge in [0, 0.05) is 18.2 Å². The number of aromatic nitrogens is 1. The fourth-order valence-electron chi connectivity index (χ4n) is 1.41. The van der Waals surface area contributed by atoms with Gasteiger partial charge in [0.2, 0.25) is 0 Å². The molecule has 0 spiro atoms. The molecule has 0 radical (unpaired) electrons. The molecule has 0 saturated carbocycles. The molecule has 72 valence electrons. The summed E-state index contributed by atoms with van der Waals surface area (Å²) in [6.45, 7) is 4.19. The highest BCUT2D eigenvalue weighted by atomic mass is 127. The highest BCUT2D eigenvalue weighted by Gasteiger charge is 2.06. The standard InChI is InChI=1S/C11H9I2N/c1-6-7(2)14-10-5-8(12)3-4-9(10)11(6)13/h3-5H,1-2H3. The summed E-state index contributed by atoms with van der Waals surface area (Å²) in [4.78, 5) is 4.59. The second kappa shape index (κ2) is 3.92. The van der Waals surface area contributed by atoms with Crippen LogP contribution < -0.4 is 0 Å². The number of nitrogens with zero attached hydrogens (tertiary/aromatic N) is 1. The summed E-state index contributed by atoms with van der Waals surface area (Å²) < 4.78 is 2.56. The summed E-state index contributed by atoms with van der Waals surface area (Å²) in [6.07, 6.45) is 0. The Morgan fingerprint density at radius 1 is 1.14 bits per heavy atom. The summed E-state index contributed by atoms with van der Waals surface area (Å²) >= 11 is 4.72. The van der Waals surface area contributed by atoms with E-state index in [2.05, 4.69) is 82.2 Å². The largest absolute Gasteiger partial charge is 0.253 e. The number of benzene rings is 1. The van der Waals surface area contributed by atoms with Crippen molar-refractivity contribution in [1.82, 2.24) is 4.98 Å². The van der Waals surface area contributed by atoms with E-state index >= 15 is 0 Å². The molecule has 1 heterocycles. The summed E-state index contributed by atoms with van der Waals surface area (Å²) in [5.41, 5.74) is 3.52. The van der Waals surface area contributed by atoms with E-state index < -0.39 is 0 Å². The minimum absolute atomic E-state index is 1.10. The van der Waals surface area contributed by atoms with Crippen molar-refractivity contribution in [3.63, 3.8) is 0 Å². The average Bonchev–Trinajstić information content (AvgIpc) is 2.14. The van der Waals surface area contributed by atoms with E-state index in [4.69, 9.17) is 0 Å². The normalized spacial score (nSPS) is 10.9. The van der Waals surface area contributed by atoms with Crippen molar-refractivity contribution < 1.29 is 0 Å². The van der Waals surface area contributed by atoms with E-state index in [9.17, 15) is 0 Å². The fourth-order valence-corrected chi connectivity index (χ4v) is 2.73. The van der Waals surface area contributed by atoms with Gasteiger partial charge in [-0.15, -0.1) is 0 Å². The van der Waals surface area contributed by atoms with Gasteiger partial charge in [-0.1, -0.05) is 6.07 Å². The molecule has 0 unspecified atom stereocenters. The molecule has 0 fully saturated rings. The smallest absolute Gasteiger partial charge is 0.0726 e. The van der Waals surface area contributed by atoms with Crippen LogP contribution in [-0.2, 0) is 0 Å². The van der Waals surface area contributed by atoms with Gasteiger partial charge in [-0.3, -0.25) is 4.98 Å². The third-order valence-electron chi connectivity index (χ3n) is 2.36. The maximum atomic E-state index is 4.59. The Bertz CT molecular complexity index is 506. The topological polar surface area (TPSA) is 12.9 Å². The third-order valence-corrected chi connectivity index (χ3v) is 4.42. The van der Waals surface area contributed by atoms with Crippen molar-refractivity contribution in [2.45, 2.75) is 13.8 Å². The van der Waals surface area contributed by atoms with Crippen molar-refractivity contribution in [3.05, 3.63) is 36.6 Å². The number of aryl methyl sites for hydroxylation is 1. The Morgan fingerprint density at radius 3 is 2.57 bits per heavy atom. The number of rotatable bonds is 0. The van der Waals surface area contributed by atoms with Crippen LogP contribution in [0.1, 0.15) is 11.3 Å². The average molecular weight is 409 g/mol. The van der Waals surface area contributed by atoms with Gasteiger partial charge in [0.1, 0.15) is 0 Å². The molecular formula is C11H9I2N. The van der Waals surface area contributed by atoms with Gasteiger partial charge in [-0.2, -0.15) is 0 Å². The molecule has 1 aromatic carbocycles. The zero-order chi connectivity index (χ0) is 10.3. The lowest BCUT2D eigenvalue weighted by Gasteiger charge is -2.07. The minimum Gasteiger partial charge on any atom is -0.253 e. The van der Waals surface area contributed by atoms with Crippen LogP contribution in [0.2, 0.25) is 0 Å². The second-order valence-corrected chi connectivity index (χ2v) is 5.62. The maximum Gasteiger partial charge on any atom is 0.0726 e. The van der Waals surface area contributed by atoms with Crippen molar-refractivity contribution >= 4 is 56.1 Å². The summed E-state index contributed by atoms with van der Waals surface area (Å²) in [7, 11) is 0. The van der Waals surface area contributed by atoms with Gasteiger partial charge in [-0.05, 0) is 76.7 Å². The second-order valence-electron chi connectivity index (χ2n) is 3.30. The minimum atomic E-state index is 1.10. The zero-order valence-corrected chi connectivity index (χ0v) is 12.3. The van der Waals surface area contributed by atoms with Crippen LogP contribution in [0, 0.1) is 21.0 Å². The third kappa shape index (κ3) is 1.76. The van der Waals surface area contributed by atoms with Crippen LogP contribution in [0.3, 0.4) is 0 Å². The van der Waals surface area contributed by atoms with E-state index in [0.717, 1.165) is 11.2 Å². The Labute approximate surface area is 111 Å². The van der Waals surface area contributed by atoms with E-state index in [1.54, 1.807) is 0 Å². The number of hydrogen-bond donors (Lipinski definition) is 0. The number of halogens is 2. The lowest BCUT2D eigenvalue weighted by molar-refractivity contribution is 1.18. The predicted octanol–water partition coefficient (Wildman–Crippen LogP) is 4.06. The van der Waals surface area contributed by atoms with Gasteiger partial charge < -0.3 is 0 Å². The Balaban J connectivity index is 2.91. The molecule has 1 nitrogen and oxygen atoms in total. The molecule has 0 aliphatic heterocycles. The summed E-state index contributed by atoms with van der Waals surface area (Å²) in [5, 5.41) is 1.26. The van der Waals surface area contributed by atoms with Gasteiger partial charge >= 0.3 is 0 Å². The first-order chi connectivity index (χ1) is 6.59. The SMILES string of the molecule is Cc1nc2cc(I)ccc2c(I)c1C. The first-order valence-corrected chi connectivity index (χ1v) is 6.47.